The van der Waals surface area contributed by atoms with E-state index in [4.69, 9.17) is 5.73 Å². The van der Waals surface area contributed by atoms with Gasteiger partial charge in [0.25, 0.3) is 0 Å². The van der Waals surface area contributed by atoms with Crippen molar-refractivity contribution in [2.75, 3.05) is 26.2 Å². The lowest BCUT2D eigenvalue weighted by Gasteiger charge is -2.41. The first kappa shape index (κ1) is 18.7. The van der Waals surface area contributed by atoms with Gasteiger partial charge in [0.1, 0.15) is 0 Å². The van der Waals surface area contributed by atoms with Crippen molar-refractivity contribution >= 4 is 18.3 Å². The standard InChI is InChI=1S/C16H31N3O.ClH/c1-13-5-3-6-14(2)19(13)16(20)12-18-10-4-7-15(11-18)8-9-17;/h13-15H,3-12,17H2,1-2H3;1H. The molecule has 4 nitrogen and oxygen atoms in total. The van der Waals surface area contributed by atoms with Crippen molar-refractivity contribution < 1.29 is 4.79 Å². The molecule has 5 heteroatoms. The molecule has 2 N–H and O–H groups in total. The summed E-state index contributed by atoms with van der Waals surface area (Å²) in [7, 11) is 0. The fourth-order valence-corrected chi connectivity index (χ4v) is 3.95. The van der Waals surface area contributed by atoms with E-state index in [0.717, 1.165) is 38.9 Å². The third kappa shape index (κ3) is 5.11. The topological polar surface area (TPSA) is 49.6 Å². The van der Waals surface area contributed by atoms with Crippen LogP contribution in [0.1, 0.15) is 52.4 Å². The van der Waals surface area contributed by atoms with E-state index in [9.17, 15) is 4.79 Å². The lowest BCUT2D eigenvalue weighted by molar-refractivity contribution is -0.139. The molecule has 0 bridgehead atoms. The molecule has 0 radical (unpaired) electrons. The van der Waals surface area contributed by atoms with Crippen LogP contribution in [0, 0.1) is 5.92 Å². The largest absolute Gasteiger partial charge is 0.336 e. The molecule has 21 heavy (non-hydrogen) atoms. The number of piperidine rings is 2. The molecule has 0 aromatic rings. The van der Waals surface area contributed by atoms with Crippen molar-refractivity contribution in [3.05, 3.63) is 0 Å². The molecule has 2 aliphatic rings. The van der Waals surface area contributed by atoms with Gasteiger partial charge in [-0.2, -0.15) is 0 Å². The monoisotopic (exact) mass is 317 g/mol. The summed E-state index contributed by atoms with van der Waals surface area (Å²) in [4.78, 5) is 17.1. The quantitative estimate of drug-likeness (QED) is 0.865. The van der Waals surface area contributed by atoms with Crippen LogP contribution in [0.4, 0.5) is 0 Å². The van der Waals surface area contributed by atoms with Gasteiger partial charge in [-0.15, -0.1) is 12.4 Å². The SMILES string of the molecule is CC1CCCC(C)N1C(=O)CN1CCCC(CCN)C1.Cl. The number of amides is 1. The molecule has 3 atom stereocenters. The lowest BCUT2D eigenvalue weighted by Crippen LogP contribution is -2.52. The first-order valence-electron chi connectivity index (χ1n) is 8.35. The van der Waals surface area contributed by atoms with Crippen molar-refractivity contribution in [2.45, 2.75) is 64.5 Å². The van der Waals surface area contributed by atoms with Crippen molar-refractivity contribution in [3.63, 3.8) is 0 Å². The highest BCUT2D eigenvalue weighted by molar-refractivity contribution is 5.85. The van der Waals surface area contributed by atoms with Gasteiger partial charge >= 0.3 is 0 Å². The predicted octanol–water partition coefficient (Wildman–Crippen LogP) is 2.26. The summed E-state index contributed by atoms with van der Waals surface area (Å²) in [5.41, 5.74) is 5.67. The van der Waals surface area contributed by atoms with Crippen molar-refractivity contribution in [1.82, 2.24) is 9.80 Å². The van der Waals surface area contributed by atoms with E-state index in [1.807, 2.05) is 0 Å². The summed E-state index contributed by atoms with van der Waals surface area (Å²) in [5, 5.41) is 0. The molecule has 124 valence electrons. The van der Waals surface area contributed by atoms with E-state index >= 15 is 0 Å². The van der Waals surface area contributed by atoms with Gasteiger partial charge in [0.15, 0.2) is 0 Å². The summed E-state index contributed by atoms with van der Waals surface area (Å²) < 4.78 is 0. The number of halogens is 1. The molecular formula is C16H32ClN3O. The summed E-state index contributed by atoms with van der Waals surface area (Å²) >= 11 is 0. The second-order valence-corrected chi connectivity index (χ2v) is 6.75. The normalized spacial score (nSPS) is 30.8. The zero-order valence-corrected chi connectivity index (χ0v) is 14.4. The first-order valence-corrected chi connectivity index (χ1v) is 8.35. The number of hydrogen-bond acceptors (Lipinski definition) is 3. The first-order chi connectivity index (χ1) is 9.61. The van der Waals surface area contributed by atoms with Crippen molar-refractivity contribution in [2.24, 2.45) is 11.7 Å². The molecule has 2 rings (SSSR count). The van der Waals surface area contributed by atoms with E-state index in [1.165, 1.54) is 19.3 Å². The highest BCUT2D eigenvalue weighted by atomic mass is 35.5. The van der Waals surface area contributed by atoms with Crippen LogP contribution >= 0.6 is 12.4 Å². The Bertz CT molecular complexity index is 315. The smallest absolute Gasteiger partial charge is 0.237 e. The molecule has 0 aromatic heterocycles. The van der Waals surface area contributed by atoms with E-state index in [0.29, 0.717) is 30.5 Å². The van der Waals surface area contributed by atoms with Crippen LogP contribution in [-0.2, 0) is 4.79 Å². The maximum atomic E-state index is 12.6. The van der Waals surface area contributed by atoms with Gasteiger partial charge in [-0.1, -0.05) is 0 Å². The minimum absolute atomic E-state index is 0. The molecule has 0 aromatic carbocycles. The maximum absolute atomic E-state index is 12.6. The summed E-state index contributed by atoms with van der Waals surface area (Å²) in [6.45, 7) is 7.90. The number of nitrogens with two attached hydrogens (primary N) is 1. The second kappa shape index (κ2) is 8.96. The summed E-state index contributed by atoms with van der Waals surface area (Å²) in [6.07, 6.45) is 7.16. The molecule has 0 aliphatic carbocycles. The van der Waals surface area contributed by atoms with Crippen molar-refractivity contribution in [3.8, 4) is 0 Å². The number of rotatable bonds is 4. The minimum atomic E-state index is 0. The van der Waals surface area contributed by atoms with E-state index in [1.54, 1.807) is 0 Å². The summed E-state index contributed by atoms with van der Waals surface area (Å²) in [6, 6.07) is 0.826. The van der Waals surface area contributed by atoms with Crippen LogP contribution in [0.5, 0.6) is 0 Å². The van der Waals surface area contributed by atoms with Gasteiger partial charge in [-0.05, 0) is 71.4 Å². The Morgan fingerprint density at radius 1 is 1.14 bits per heavy atom. The number of hydrogen-bond donors (Lipinski definition) is 1. The van der Waals surface area contributed by atoms with Crippen LogP contribution in [0.25, 0.3) is 0 Å². The molecule has 3 unspecified atom stereocenters. The van der Waals surface area contributed by atoms with Crippen molar-refractivity contribution in [1.29, 1.82) is 0 Å². The average Bonchev–Trinajstić information content (AvgIpc) is 2.39. The van der Waals surface area contributed by atoms with Gasteiger partial charge in [0.05, 0.1) is 6.54 Å². The van der Waals surface area contributed by atoms with Crippen LogP contribution in [0.2, 0.25) is 0 Å². The Morgan fingerprint density at radius 3 is 2.43 bits per heavy atom. The zero-order chi connectivity index (χ0) is 14.5. The van der Waals surface area contributed by atoms with Gasteiger partial charge in [-0.3, -0.25) is 9.69 Å². The highest BCUT2D eigenvalue weighted by Crippen LogP contribution is 2.24. The van der Waals surface area contributed by atoms with Gasteiger partial charge in [-0.25, -0.2) is 0 Å². The van der Waals surface area contributed by atoms with E-state index < -0.39 is 0 Å². The van der Waals surface area contributed by atoms with Crippen LogP contribution in [-0.4, -0.2) is 54.0 Å². The number of carbonyl (C=O) groups excluding carboxylic acids is 1. The average molecular weight is 318 g/mol. The predicted molar refractivity (Wildman–Crippen MR) is 89.7 cm³/mol. The highest BCUT2D eigenvalue weighted by Gasteiger charge is 2.30. The third-order valence-electron chi connectivity index (χ3n) is 5.02. The third-order valence-corrected chi connectivity index (χ3v) is 5.02. The van der Waals surface area contributed by atoms with Crippen LogP contribution in [0.15, 0.2) is 0 Å². The van der Waals surface area contributed by atoms with Gasteiger partial charge in [0.2, 0.25) is 5.91 Å². The number of carbonyl (C=O) groups is 1. The van der Waals surface area contributed by atoms with Gasteiger partial charge in [0, 0.05) is 18.6 Å². The Kier molecular flexibility index (Phi) is 7.99. The fourth-order valence-electron chi connectivity index (χ4n) is 3.95. The van der Waals surface area contributed by atoms with Gasteiger partial charge < -0.3 is 10.6 Å². The molecule has 2 heterocycles. The van der Waals surface area contributed by atoms with E-state index in [-0.39, 0.29) is 12.4 Å². The molecule has 2 saturated heterocycles. The Labute approximate surface area is 135 Å². The van der Waals surface area contributed by atoms with Crippen LogP contribution < -0.4 is 5.73 Å². The van der Waals surface area contributed by atoms with Crippen LogP contribution in [0.3, 0.4) is 0 Å². The Hall–Kier alpha value is -0.320. The maximum Gasteiger partial charge on any atom is 0.237 e. The zero-order valence-electron chi connectivity index (χ0n) is 13.6. The lowest BCUT2D eigenvalue weighted by atomic mass is 9.94. The molecule has 0 spiro atoms. The Balaban J connectivity index is 0.00000220. The second-order valence-electron chi connectivity index (χ2n) is 6.75. The summed E-state index contributed by atoms with van der Waals surface area (Å²) in [5.74, 6) is 1.02. The Morgan fingerprint density at radius 2 is 1.81 bits per heavy atom. The molecule has 2 aliphatic heterocycles. The molecule has 1 amide bonds. The molecule has 2 fully saturated rings. The number of nitrogens with zero attached hydrogens (tertiary/aromatic N) is 2. The molecular weight excluding hydrogens is 286 g/mol. The fraction of sp³-hybridized carbons (Fsp3) is 0.938. The van der Waals surface area contributed by atoms with E-state index in [2.05, 4.69) is 23.6 Å². The number of likely N-dealkylation sites (tertiary alicyclic amines) is 2. The molecule has 0 saturated carbocycles. The minimum Gasteiger partial charge on any atom is -0.336 e.